The Labute approximate surface area is 120 Å². The molecule has 1 aromatic rings. The summed E-state index contributed by atoms with van der Waals surface area (Å²) in [6.45, 7) is 3.20. The van der Waals surface area contributed by atoms with Crippen molar-refractivity contribution in [2.24, 2.45) is 10.9 Å². The van der Waals surface area contributed by atoms with Crippen LogP contribution in [0.3, 0.4) is 0 Å². The van der Waals surface area contributed by atoms with Gasteiger partial charge in [0.2, 0.25) is 0 Å². The summed E-state index contributed by atoms with van der Waals surface area (Å²) < 4.78 is 0. The molecule has 1 aliphatic rings. The van der Waals surface area contributed by atoms with Gasteiger partial charge in [0, 0.05) is 24.7 Å². The van der Waals surface area contributed by atoms with Crippen molar-refractivity contribution in [2.45, 2.75) is 25.4 Å². The fourth-order valence-electron chi connectivity index (χ4n) is 2.80. The predicted molar refractivity (Wildman–Crippen MR) is 80.9 cm³/mol. The van der Waals surface area contributed by atoms with E-state index in [2.05, 4.69) is 35.1 Å². The Kier molecular flexibility index (Phi) is 4.98. The zero-order valence-corrected chi connectivity index (χ0v) is 12.3. The summed E-state index contributed by atoms with van der Waals surface area (Å²) >= 11 is 0. The lowest BCUT2D eigenvalue weighted by atomic mass is 10.0. The molecule has 0 spiro atoms. The van der Waals surface area contributed by atoms with Crippen LogP contribution in [-0.4, -0.2) is 54.1 Å². The lowest BCUT2D eigenvalue weighted by Gasteiger charge is -2.36. The van der Waals surface area contributed by atoms with E-state index in [1.165, 1.54) is 24.9 Å². The largest absolute Gasteiger partial charge is 0.409 e. The van der Waals surface area contributed by atoms with E-state index in [1.54, 1.807) is 0 Å². The monoisotopic (exact) mass is 276 g/mol. The van der Waals surface area contributed by atoms with Crippen LogP contribution in [-0.2, 0) is 6.54 Å². The molecule has 0 aromatic heterocycles. The average molecular weight is 276 g/mol. The van der Waals surface area contributed by atoms with Gasteiger partial charge in [0.1, 0.15) is 0 Å². The van der Waals surface area contributed by atoms with Crippen molar-refractivity contribution in [3.63, 3.8) is 0 Å². The molecular formula is C15H24N4O. The molecule has 0 aliphatic carbocycles. The zero-order valence-electron chi connectivity index (χ0n) is 12.3. The van der Waals surface area contributed by atoms with E-state index in [4.69, 9.17) is 10.9 Å². The fraction of sp³-hybridized carbons (Fsp3) is 0.533. The summed E-state index contributed by atoms with van der Waals surface area (Å²) in [5.41, 5.74) is 7.58. The summed E-state index contributed by atoms with van der Waals surface area (Å²) in [7, 11) is 4.35. The smallest absolute Gasteiger partial charge is 0.170 e. The Bertz CT molecular complexity index is 475. The van der Waals surface area contributed by atoms with Crippen LogP contribution in [0.2, 0.25) is 0 Å². The van der Waals surface area contributed by atoms with Crippen molar-refractivity contribution in [3.05, 3.63) is 35.4 Å². The van der Waals surface area contributed by atoms with E-state index < -0.39 is 0 Å². The summed E-state index contributed by atoms with van der Waals surface area (Å²) in [6.07, 6.45) is 2.51. The molecule has 110 valence electrons. The van der Waals surface area contributed by atoms with Gasteiger partial charge in [-0.2, -0.15) is 0 Å². The maximum Gasteiger partial charge on any atom is 0.170 e. The van der Waals surface area contributed by atoms with E-state index in [1.807, 2.05) is 18.2 Å². The lowest BCUT2D eigenvalue weighted by Crippen LogP contribution is -2.44. The molecule has 20 heavy (non-hydrogen) atoms. The van der Waals surface area contributed by atoms with Crippen LogP contribution >= 0.6 is 0 Å². The van der Waals surface area contributed by atoms with Gasteiger partial charge in [-0.1, -0.05) is 23.4 Å². The van der Waals surface area contributed by atoms with E-state index in [0.717, 1.165) is 18.7 Å². The molecule has 1 aromatic carbocycles. The van der Waals surface area contributed by atoms with Gasteiger partial charge in [-0.15, -0.1) is 0 Å². The molecule has 3 N–H and O–H groups in total. The average Bonchev–Trinajstić information content (AvgIpc) is 2.46. The summed E-state index contributed by atoms with van der Waals surface area (Å²) in [4.78, 5) is 4.78. The van der Waals surface area contributed by atoms with E-state index in [9.17, 15) is 0 Å². The lowest BCUT2D eigenvalue weighted by molar-refractivity contribution is 0.129. The van der Waals surface area contributed by atoms with E-state index >= 15 is 0 Å². The molecule has 1 unspecified atom stereocenters. The first-order valence-corrected chi connectivity index (χ1v) is 7.06. The van der Waals surface area contributed by atoms with Gasteiger partial charge < -0.3 is 15.8 Å². The molecule has 1 heterocycles. The van der Waals surface area contributed by atoms with Crippen molar-refractivity contribution < 1.29 is 5.21 Å². The minimum absolute atomic E-state index is 0.159. The normalized spacial score (nSPS) is 21.4. The number of hydrogen-bond acceptors (Lipinski definition) is 4. The first-order chi connectivity index (χ1) is 9.60. The maximum absolute atomic E-state index is 8.74. The Balaban J connectivity index is 2.02. The highest BCUT2D eigenvalue weighted by Gasteiger charge is 2.21. The molecule has 5 heteroatoms. The van der Waals surface area contributed by atoms with Crippen LogP contribution in [0, 0.1) is 0 Å². The third kappa shape index (κ3) is 3.71. The van der Waals surface area contributed by atoms with Crippen molar-refractivity contribution in [1.29, 1.82) is 0 Å². The van der Waals surface area contributed by atoms with Crippen LogP contribution in [0.4, 0.5) is 0 Å². The van der Waals surface area contributed by atoms with Crippen molar-refractivity contribution in [2.75, 3.05) is 27.2 Å². The van der Waals surface area contributed by atoms with E-state index in [0.29, 0.717) is 6.04 Å². The van der Waals surface area contributed by atoms with Crippen molar-refractivity contribution >= 4 is 5.84 Å². The third-order valence-electron chi connectivity index (χ3n) is 3.99. The number of nitrogens with zero attached hydrogens (tertiary/aromatic N) is 3. The minimum atomic E-state index is 0.159. The van der Waals surface area contributed by atoms with Gasteiger partial charge >= 0.3 is 0 Å². The molecule has 0 amide bonds. The topological polar surface area (TPSA) is 65.1 Å². The molecule has 0 radical (unpaired) electrons. The molecule has 1 saturated heterocycles. The standard InChI is InChI=1S/C15H24N4O/c1-18-8-4-7-14(11-18)19(2)10-12-5-3-6-13(9-12)15(16)17-20/h3,5-6,9,14,20H,4,7-8,10-11H2,1-2H3,(H2,16,17). The first kappa shape index (κ1) is 14.8. The highest BCUT2D eigenvalue weighted by atomic mass is 16.4. The van der Waals surface area contributed by atoms with Gasteiger partial charge in [-0.3, -0.25) is 4.90 Å². The molecule has 0 saturated carbocycles. The van der Waals surface area contributed by atoms with Crippen LogP contribution in [0.1, 0.15) is 24.0 Å². The van der Waals surface area contributed by atoms with Crippen molar-refractivity contribution in [1.82, 2.24) is 9.80 Å². The quantitative estimate of drug-likeness (QED) is 0.377. The number of amidine groups is 1. The second kappa shape index (κ2) is 6.72. The van der Waals surface area contributed by atoms with Crippen molar-refractivity contribution in [3.8, 4) is 0 Å². The predicted octanol–water partition coefficient (Wildman–Crippen LogP) is 1.31. The van der Waals surface area contributed by atoms with Gasteiger partial charge in [-0.05, 0) is 45.1 Å². The van der Waals surface area contributed by atoms with Crippen LogP contribution in [0.5, 0.6) is 0 Å². The number of nitrogens with two attached hydrogens (primary N) is 1. The number of piperidine rings is 1. The Morgan fingerprint density at radius 3 is 3.05 bits per heavy atom. The zero-order chi connectivity index (χ0) is 14.5. The molecule has 1 aliphatic heterocycles. The van der Waals surface area contributed by atoms with Gasteiger partial charge in [0.05, 0.1) is 0 Å². The minimum Gasteiger partial charge on any atom is -0.409 e. The molecular weight excluding hydrogens is 252 g/mol. The number of benzene rings is 1. The molecule has 1 fully saturated rings. The third-order valence-corrected chi connectivity index (χ3v) is 3.99. The number of hydrogen-bond donors (Lipinski definition) is 2. The number of likely N-dealkylation sites (tertiary alicyclic amines) is 1. The fourth-order valence-corrected chi connectivity index (χ4v) is 2.80. The molecule has 0 bridgehead atoms. The molecule has 1 atom stereocenters. The molecule has 2 rings (SSSR count). The second-order valence-electron chi connectivity index (χ2n) is 5.66. The van der Waals surface area contributed by atoms with Crippen LogP contribution < -0.4 is 5.73 Å². The highest BCUT2D eigenvalue weighted by molar-refractivity contribution is 5.97. The number of likely N-dealkylation sites (N-methyl/N-ethyl adjacent to an activating group) is 2. The van der Waals surface area contributed by atoms with E-state index in [-0.39, 0.29) is 5.84 Å². The van der Waals surface area contributed by atoms with Crippen LogP contribution in [0.25, 0.3) is 0 Å². The van der Waals surface area contributed by atoms with Gasteiger partial charge in [0.25, 0.3) is 0 Å². The highest BCUT2D eigenvalue weighted by Crippen LogP contribution is 2.16. The van der Waals surface area contributed by atoms with Gasteiger partial charge in [0.15, 0.2) is 5.84 Å². The Morgan fingerprint density at radius 2 is 2.35 bits per heavy atom. The number of rotatable bonds is 4. The number of oxime groups is 1. The summed E-state index contributed by atoms with van der Waals surface area (Å²) in [6, 6.07) is 8.47. The Morgan fingerprint density at radius 1 is 1.55 bits per heavy atom. The van der Waals surface area contributed by atoms with Crippen LogP contribution in [0.15, 0.2) is 29.4 Å². The molecule has 5 nitrogen and oxygen atoms in total. The SMILES string of the molecule is CN1CCCC(N(C)Cc2cccc(C(N)=NO)c2)C1. The summed E-state index contributed by atoms with van der Waals surface area (Å²) in [5.74, 6) is 0.159. The Hall–Kier alpha value is -1.59. The second-order valence-corrected chi connectivity index (χ2v) is 5.66. The summed E-state index contributed by atoms with van der Waals surface area (Å²) in [5, 5.41) is 11.8. The maximum atomic E-state index is 8.74. The van der Waals surface area contributed by atoms with Gasteiger partial charge in [-0.25, -0.2) is 0 Å². The first-order valence-electron chi connectivity index (χ1n) is 7.06.